The van der Waals surface area contributed by atoms with E-state index in [4.69, 9.17) is 16.6 Å². The standard InChI is InChI=1S/C20H21ClN4OS/c1-13-3-8-17-18(14(13)2)23-20(27-17)25-11-9-24(10-12-25)19(26)22-16-6-4-15(21)5-7-16/h3-8H,9-12H2,1-2H3,(H,22,26). The first-order chi connectivity index (χ1) is 13.0. The number of thiazole rings is 1. The number of hydrogen-bond donors (Lipinski definition) is 1. The summed E-state index contributed by atoms with van der Waals surface area (Å²) in [5, 5.41) is 4.62. The number of nitrogens with zero attached hydrogens (tertiary/aromatic N) is 3. The molecule has 2 amide bonds. The van der Waals surface area contributed by atoms with Gasteiger partial charge in [0.2, 0.25) is 0 Å². The molecular formula is C20H21ClN4OS. The number of piperazine rings is 1. The van der Waals surface area contributed by atoms with E-state index in [-0.39, 0.29) is 6.03 Å². The monoisotopic (exact) mass is 400 g/mol. The lowest BCUT2D eigenvalue weighted by molar-refractivity contribution is 0.208. The number of aromatic nitrogens is 1. The lowest BCUT2D eigenvalue weighted by atomic mass is 10.1. The Morgan fingerprint density at radius 3 is 2.48 bits per heavy atom. The molecule has 1 fully saturated rings. The lowest BCUT2D eigenvalue weighted by Gasteiger charge is -2.34. The number of carbonyl (C=O) groups excluding carboxylic acids is 1. The number of hydrogen-bond acceptors (Lipinski definition) is 4. The molecular weight excluding hydrogens is 380 g/mol. The summed E-state index contributed by atoms with van der Waals surface area (Å²) in [5.41, 5.74) is 4.36. The van der Waals surface area contributed by atoms with Crippen LogP contribution in [0.3, 0.4) is 0 Å². The summed E-state index contributed by atoms with van der Waals surface area (Å²) in [7, 11) is 0. The predicted molar refractivity (Wildman–Crippen MR) is 113 cm³/mol. The molecule has 0 spiro atoms. The second-order valence-electron chi connectivity index (χ2n) is 6.76. The Kier molecular flexibility index (Phi) is 4.93. The van der Waals surface area contributed by atoms with E-state index in [1.807, 2.05) is 17.0 Å². The maximum absolute atomic E-state index is 12.5. The molecule has 1 aliphatic rings. The fraction of sp³-hybridized carbons (Fsp3) is 0.300. The van der Waals surface area contributed by atoms with Crippen LogP contribution in [-0.2, 0) is 0 Å². The third-order valence-electron chi connectivity index (χ3n) is 5.01. The molecule has 0 unspecified atom stereocenters. The summed E-state index contributed by atoms with van der Waals surface area (Å²) in [5.74, 6) is 0. The third-order valence-corrected chi connectivity index (χ3v) is 6.34. The number of anilines is 2. The van der Waals surface area contributed by atoms with Gasteiger partial charge in [-0.25, -0.2) is 9.78 Å². The van der Waals surface area contributed by atoms with Crippen molar-refractivity contribution in [3.8, 4) is 0 Å². The third kappa shape index (κ3) is 3.73. The zero-order valence-electron chi connectivity index (χ0n) is 15.3. The van der Waals surface area contributed by atoms with Crippen molar-refractivity contribution in [2.75, 3.05) is 36.4 Å². The summed E-state index contributed by atoms with van der Waals surface area (Å²) >= 11 is 7.61. The first-order valence-electron chi connectivity index (χ1n) is 8.94. The second kappa shape index (κ2) is 7.37. The summed E-state index contributed by atoms with van der Waals surface area (Å²) in [6.45, 7) is 7.16. The maximum atomic E-state index is 12.5. The van der Waals surface area contributed by atoms with Gasteiger partial charge in [0.15, 0.2) is 5.13 Å². The average Bonchev–Trinajstić information content (AvgIpc) is 3.12. The zero-order valence-corrected chi connectivity index (χ0v) is 16.9. The Balaban J connectivity index is 1.40. The molecule has 0 aliphatic carbocycles. The van der Waals surface area contributed by atoms with Crippen LogP contribution in [0.25, 0.3) is 10.2 Å². The Morgan fingerprint density at radius 2 is 1.78 bits per heavy atom. The van der Waals surface area contributed by atoms with Gasteiger partial charge in [0.25, 0.3) is 0 Å². The van der Waals surface area contributed by atoms with Crippen molar-refractivity contribution < 1.29 is 4.79 Å². The van der Waals surface area contributed by atoms with Crippen molar-refractivity contribution in [2.45, 2.75) is 13.8 Å². The van der Waals surface area contributed by atoms with Crippen molar-refractivity contribution in [3.63, 3.8) is 0 Å². The number of halogens is 1. The van der Waals surface area contributed by atoms with Crippen molar-refractivity contribution in [1.29, 1.82) is 0 Å². The van der Waals surface area contributed by atoms with Gasteiger partial charge in [-0.15, -0.1) is 0 Å². The van der Waals surface area contributed by atoms with Gasteiger partial charge in [0, 0.05) is 36.9 Å². The predicted octanol–water partition coefficient (Wildman–Crippen LogP) is 4.92. The minimum Gasteiger partial charge on any atom is -0.345 e. The Hall–Kier alpha value is -2.31. The SMILES string of the molecule is Cc1ccc2sc(N3CCN(C(=O)Nc4ccc(Cl)cc4)CC3)nc2c1C. The van der Waals surface area contributed by atoms with Crippen LogP contribution >= 0.6 is 22.9 Å². The number of carbonyl (C=O) groups is 1. The first kappa shape index (κ1) is 18.1. The van der Waals surface area contributed by atoms with Crippen molar-refractivity contribution >= 4 is 50.0 Å². The highest BCUT2D eigenvalue weighted by molar-refractivity contribution is 7.22. The summed E-state index contributed by atoms with van der Waals surface area (Å²) in [4.78, 5) is 21.4. The molecule has 7 heteroatoms. The molecule has 1 saturated heterocycles. The van der Waals surface area contributed by atoms with Gasteiger partial charge in [0.1, 0.15) is 0 Å². The number of fused-ring (bicyclic) bond motifs is 1. The Morgan fingerprint density at radius 1 is 1.07 bits per heavy atom. The zero-order chi connectivity index (χ0) is 19.0. The van der Waals surface area contributed by atoms with Gasteiger partial charge in [-0.3, -0.25) is 0 Å². The van der Waals surface area contributed by atoms with Gasteiger partial charge in [0.05, 0.1) is 10.2 Å². The fourth-order valence-electron chi connectivity index (χ4n) is 3.19. The molecule has 0 radical (unpaired) electrons. The van der Waals surface area contributed by atoms with Crippen molar-refractivity contribution in [3.05, 3.63) is 52.5 Å². The van der Waals surface area contributed by atoms with Crippen LogP contribution in [0.4, 0.5) is 15.6 Å². The molecule has 3 aromatic rings. The summed E-state index contributed by atoms with van der Waals surface area (Å²) in [6, 6.07) is 11.4. The summed E-state index contributed by atoms with van der Waals surface area (Å²) in [6.07, 6.45) is 0. The average molecular weight is 401 g/mol. The number of rotatable bonds is 2. The molecule has 1 N–H and O–H groups in total. The van der Waals surface area contributed by atoms with E-state index >= 15 is 0 Å². The molecule has 0 saturated carbocycles. The molecule has 1 aromatic heterocycles. The molecule has 0 atom stereocenters. The van der Waals surface area contributed by atoms with Crippen LogP contribution in [-0.4, -0.2) is 42.1 Å². The van der Waals surface area contributed by atoms with Gasteiger partial charge in [-0.05, 0) is 55.3 Å². The molecule has 140 valence electrons. The smallest absolute Gasteiger partial charge is 0.321 e. The topological polar surface area (TPSA) is 48.5 Å². The van der Waals surface area contributed by atoms with Crippen molar-refractivity contribution in [1.82, 2.24) is 9.88 Å². The lowest BCUT2D eigenvalue weighted by Crippen LogP contribution is -2.50. The first-order valence-corrected chi connectivity index (χ1v) is 10.1. The second-order valence-corrected chi connectivity index (χ2v) is 8.21. The van der Waals surface area contributed by atoms with E-state index in [9.17, 15) is 4.79 Å². The molecule has 0 bridgehead atoms. The Bertz CT molecular complexity index is 978. The van der Waals surface area contributed by atoms with Crippen LogP contribution in [0, 0.1) is 13.8 Å². The molecule has 2 aromatic carbocycles. The van der Waals surface area contributed by atoms with E-state index < -0.39 is 0 Å². The maximum Gasteiger partial charge on any atom is 0.321 e. The minimum absolute atomic E-state index is 0.0762. The normalized spacial score (nSPS) is 14.6. The van der Waals surface area contributed by atoms with Crippen LogP contribution in [0.1, 0.15) is 11.1 Å². The number of aryl methyl sites for hydroxylation is 2. The van der Waals surface area contributed by atoms with Gasteiger partial charge >= 0.3 is 6.03 Å². The highest BCUT2D eigenvalue weighted by Gasteiger charge is 2.23. The van der Waals surface area contributed by atoms with E-state index in [1.54, 1.807) is 23.5 Å². The highest BCUT2D eigenvalue weighted by Crippen LogP contribution is 2.32. The fourth-order valence-corrected chi connectivity index (χ4v) is 4.39. The quantitative estimate of drug-likeness (QED) is 0.664. The number of amides is 2. The molecule has 1 aliphatic heterocycles. The van der Waals surface area contributed by atoms with E-state index in [1.165, 1.54) is 15.8 Å². The van der Waals surface area contributed by atoms with Crippen LogP contribution in [0.5, 0.6) is 0 Å². The number of nitrogens with one attached hydrogen (secondary N) is 1. The number of benzene rings is 2. The molecule has 5 nitrogen and oxygen atoms in total. The van der Waals surface area contributed by atoms with Gasteiger partial charge < -0.3 is 15.1 Å². The van der Waals surface area contributed by atoms with Crippen molar-refractivity contribution in [2.24, 2.45) is 0 Å². The Labute approximate surface area is 167 Å². The van der Waals surface area contributed by atoms with Crippen LogP contribution < -0.4 is 10.2 Å². The largest absolute Gasteiger partial charge is 0.345 e. The van der Waals surface area contributed by atoms with Crippen LogP contribution in [0.15, 0.2) is 36.4 Å². The van der Waals surface area contributed by atoms with Crippen LogP contribution in [0.2, 0.25) is 5.02 Å². The van der Waals surface area contributed by atoms with Gasteiger partial charge in [-0.1, -0.05) is 29.0 Å². The molecule has 4 rings (SSSR count). The molecule has 27 heavy (non-hydrogen) atoms. The van der Waals surface area contributed by atoms with E-state index in [0.717, 1.165) is 29.4 Å². The van der Waals surface area contributed by atoms with E-state index in [0.29, 0.717) is 18.1 Å². The number of urea groups is 1. The minimum atomic E-state index is -0.0762. The summed E-state index contributed by atoms with van der Waals surface area (Å²) < 4.78 is 1.22. The molecule has 2 heterocycles. The highest BCUT2D eigenvalue weighted by atomic mass is 35.5. The van der Waals surface area contributed by atoms with E-state index in [2.05, 4.69) is 36.2 Å². The van der Waals surface area contributed by atoms with Gasteiger partial charge in [-0.2, -0.15) is 0 Å².